The fraction of sp³-hybridized carbons (Fsp3) is 0.150. The van der Waals surface area contributed by atoms with Gasteiger partial charge in [0.15, 0.2) is 0 Å². The second-order valence-electron chi connectivity index (χ2n) is 6.02. The molecule has 0 aliphatic heterocycles. The minimum absolute atomic E-state index is 0.0404. The molecule has 0 spiro atoms. The molecule has 0 saturated carbocycles. The van der Waals surface area contributed by atoms with Gasteiger partial charge in [-0.15, -0.1) is 11.6 Å². The predicted molar refractivity (Wildman–Crippen MR) is 111 cm³/mol. The first-order valence-corrected chi connectivity index (χ1v) is 9.44. The summed E-state index contributed by atoms with van der Waals surface area (Å²) < 4.78 is 0. The smallest absolute Gasteiger partial charge is 0.293 e. The summed E-state index contributed by atoms with van der Waals surface area (Å²) in [4.78, 5) is 21.2. The second-order valence-corrected chi connectivity index (χ2v) is 7.13. The van der Waals surface area contributed by atoms with Crippen molar-refractivity contribution in [1.82, 2.24) is 9.97 Å². The molecular weight excluding hydrogens is 405 g/mol. The number of alkyl halides is 1. The van der Waals surface area contributed by atoms with E-state index in [9.17, 15) is 4.79 Å². The van der Waals surface area contributed by atoms with Gasteiger partial charge in [0.1, 0.15) is 0 Å². The van der Waals surface area contributed by atoms with Gasteiger partial charge in [-0.3, -0.25) is 4.79 Å². The summed E-state index contributed by atoms with van der Waals surface area (Å²) in [5, 5.41) is 3.91. The molecule has 1 heterocycles. The Balaban J connectivity index is 1.94. The van der Waals surface area contributed by atoms with Gasteiger partial charge >= 0.3 is 0 Å². The third-order valence-corrected chi connectivity index (χ3v) is 5.08. The summed E-state index contributed by atoms with van der Waals surface area (Å²) in [7, 11) is 0. The van der Waals surface area contributed by atoms with Crippen molar-refractivity contribution in [2.24, 2.45) is 0 Å². The Bertz CT molecular complexity index is 1020. The van der Waals surface area contributed by atoms with Crippen molar-refractivity contribution in [3.63, 3.8) is 0 Å². The number of aryl methyl sites for hydroxylation is 1. The van der Waals surface area contributed by atoms with Crippen molar-refractivity contribution in [3.05, 3.63) is 75.2 Å². The molecule has 0 aliphatic carbocycles. The molecule has 1 N–H and O–H groups in total. The third kappa shape index (κ3) is 4.24. The molecule has 0 aliphatic rings. The first kappa shape index (κ1) is 19.6. The Morgan fingerprint density at radius 2 is 1.89 bits per heavy atom. The lowest BCUT2D eigenvalue weighted by atomic mass is 10.0. The Labute approximate surface area is 172 Å². The van der Waals surface area contributed by atoms with Crippen LogP contribution in [0, 0.1) is 13.8 Å². The van der Waals surface area contributed by atoms with E-state index in [1.165, 1.54) is 6.20 Å². The number of carbonyl (C=O) groups is 1. The SMILES string of the molecule is Cc1ccc(CCl)c(C)c1NC(=O)c1nccc(-c2cc(Cl)ccc2Cl)n1. The van der Waals surface area contributed by atoms with E-state index in [-0.39, 0.29) is 5.82 Å². The summed E-state index contributed by atoms with van der Waals surface area (Å²) in [6, 6.07) is 10.6. The van der Waals surface area contributed by atoms with E-state index >= 15 is 0 Å². The molecule has 27 heavy (non-hydrogen) atoms. The number of nitrogens with zero attached hydrogens (tertiary/aromatic N) is 2. The number of carbonyl (C=O) groups excluding carboxylic acids is 1. The summed E-state index contributed by atoms with van der Waals surface area (Å²) in [6.45, 7) is 3.84. The van der Waals surface area contributed by atoms with Gasteiger partial charge in [-0.1, -0.05) is 35.3 Å². The first-order chi connectivity index (χ1) is 12.9. The molecule has 7 heteroatoms. The van der Waals surface area contributed by atoms with Gasteiger partial charge < -0.3 is 5.32 Å². The number of hydrogen-bond donors (Lipinski definition) is 1. The van der Waals surface area contributed by atoms with E-state index < -0.39 is 5.91 Å². The van der Waals surface area contributed by atoms with Gasteiger partial charge in [0.25, 0.3) is 5.91 Å². The lowest BCUT2D eigenvalue weighted by Crippen LogP contribution is -2.17. The molecular formula is C20H16Cl3N3O. The zero-order valence-electron chi connectivity index (χ0n) is 14.7. The average molecular weight is 421 g/mol. The maximum absolute atomic E-state index is 12.7. The van der Waals surface area contributed by atoms with Crippen molar-refractivity contribution < 1.29 is 4.79 Å². The van der Waals surface area contributed by atoms with Crippen LogP contribution in [-0.2, 0) is 5.88 Å². The van der Waals surface area contributed by atoms with E-state index in [4.69, 9.17) is 34.8 Å². The normalized spacial score (nSPS) is 10.7. The Hall–Kier alpha value is -2.14. The maximum atomic E-state index is 12.7. The van der Waals surface area contributed by atoms with Gasteiger partial charge in [-0.05, 0) is 54.8 Å². The van der Waals surface area contributed by atoms with Crippen LogP contribution in [0.15, 0.2) is 42.6 Å². The Kier molecular flexibility index (Phi) is 6.00. The fourth-order valence-electron chi connectivity index (χ4n) is 2.71. The van der Waals surface area contributed by atoms with Crippen molar-refractivity contribution >= 4 is 46.4 Å². The van der Waals surface area contributed by atoms with Crippen LogP contribution in [0.2, 0.25) is 10.0 Å². The molecule has 0 atom stereocenters. The monoisotopic (exact) mass is 419 g/mol. The van der Waals surface area contributed by atoms with Gasteiger partial charge in [-0.2, -0.15) is 0 Å². The molecule has 1 aromatic heterocycles. The van der Waals surface area contributed by atoms with Crippen LogP contribution >= 0.6 is 34.8 Å². The molecule has 0 radical (unpaired) electrons. The minimum atomic E-state index is -0.409. The highest BCUT2D eigenvalue weighted by atomic mass is 35.5. The minimum Gasteiger partial charge on any atom is -0.319 e. The number of hydrogen-bond acceptors (Lipinski definition) is 3. The highest BCUT2D eigenvalue weighted by Gasteiger charge is 2.16. The molecule has 138 valence electrons. The summed E-state index contributed by atoms with van der Waals surface area (Å²) >= 11 is 18.2. The van der Waals surface area contributed by atoms with E-state index in [1.54, 1.807) is 24.3 Å². The number of amides is 1. The zero-order valence-corrected chi connectivity index (χ0v) is 17.0. The van der Waals surface area contributed by atoms with Gasteiger partial charge in [0, 0.05) is 28.4 Å². The van der Waals surface area contributed by atoms with E-state index in [0.717, 1.165) is 16.7 Å². The molecule has 0 unspecified atom stereocenters. The summed E-state index contributed by atoms with van der Waals surface area (Å²) in [6.07, 6.45) is 1.52. The number of nitrogens with one attached hydrogen (secondary N) is 1. The quantitative estimate of drug-likeness (QED) is 0.522. The van der Waals surface area contributed by atoms with Crippen LogP contribution in [0.1, 0.15) is 27.3 Å². The van der Waals surface area contributed by atoms with Crippen LogP contribution in [-0.4, -0.2) is 15.9 Å². The van der Waals surface area contributed by atoms with Crippen molar-refractivity contribution in [2.75, 3.05) is 5.32 Å². The number of benzene rings is 2. The maximum Gasteiger partial charge on any atom is 0.293 e. The van der Waals surface area contributed by atoms with E-state index in [0.29, 0.717) is 32.9 Å². The second kappa shape index (κ2) is 8.26. The fourth-order valence-corrected chi connectivity index (χ4v) is 3.38. The molecule has 0 fully saturated rings. The van der Waals surface area contributed by atoms with E-state index in [1.807, 2.05) is 26.0 Å². The van der Waals surface area contributed by atoms with Crippen molar-refractivity contribution in [3.8, 4) is 11.3 Å². The van der Waals surface area contributed by atoms with Crippen LogP contribution in [0.3, 0.4) is 0 Å². The number of aromatic nitrogens is 2. The Morgan fingerprint density at radius 3 is 2.63 bits per heavy atom. The third-order valence-electron chi connectivity index (χ3n) is 4.23. The predicted octanol–water partition coefficient (Wildman–Crippen LogP) is 6.06. The summed E-state index contributed by atoms with van der Waals surface area (Å²) in [5.74, 6) is 0.000337. The Morgan fingerprint density at radius 1 is 1.11 bits per heavy atom. The molecule has 2 aromatic carbocycles. The van der Waals surface area contributed by atoms with Crippen molar-refractivity contribution in [2.45, 2.75) is 19.7 Å². The molecule has 1 amide bonds. The van der Waals surface area contributed by atoms with Crippen LogP contribution in [0.4, 0.5) is 5.69 Å². The molecule has 3 rings (SSSR count). The highest BCUT2D eigenvalue weighted by Crippen LogP contribution is 2.29. The average Bonchev–Trinajstić information content (AvgIpc) is 2.67. The van der Waals surface area contributed by atoms with Crippen LogP contribution in [0.5, 0.6) is 0 Å². The van der Waals surface area contributed by atoms with Gasteiger partial charge in [-0.25, -0.2) is 9.97 Å². The number of rotatable bonds is 4. The lowest BCUT2D eigenvalue weighted by molar-refractivity contribution is 0.101. The summed E-state index contributed by atoms with van der Waals surface area (Å²) in [5.41, 5.74) is 4.68. The highest BCUT2D eigenvalue weighted by molar-refractivity contribution is 6.35. The van der Waals surface area contributed by atoms with Gasteiger partial charge in [0.05, 0.1) is 10.7 Å². The van der Waals surface area contributed by atoms with Gasteiger partial charge in [0.2, 0.25) is 5.82 Å². The first-order valence-electron chi connectivity index (χ1n) is 8.15. The zero-order chi connectivity index (χ0) is 19.6. The molecule has 0 saturated heterocycles. The lowest BCUT2D eigenvalue weighted by Gasteiger charge is -2.14. The largest absolute Gasteiger partial charge is 0.319 e. The number of halogens is 3. The topological polar surface area (TPSA) is 54.9 Å². The molecule has 3 aromatic rings. The number of anilines is 1. The van der Waals surface area contributed by atoms with Crippen LogP contribution in [0.25, 0.3) is 11.3 Å². The van der Waals surface area contributed by atoms with Crippen LogP contribution < -0.4 is 5.32 Å². The van der Waals surface area contributed by atoms with Crippen molar-refractivity contribution in [1.29, 1.82) is 0 Å². The molecule has 0 bridgehead atoms. The van der Waals surface area contributed by atoms with E-state index in [2.05, 4.69) is 15.3 Å². The molecule has 4 nitrogen and oxygen atoms in total. The standard InChI is InChI=1S/C20H16Cl3N3O/c1-11-3-4-13(10-21)12(2)18(11)26-20(27)19-24-8-7-17(25-19)15-9-14(22)5-6-16(15)23/h3-9H,10H2,1-2H3,(H,26,27).